The average molecular weight is 180 g/mol. The number of ether oxygens (including phenoxy) is 1. The van der Waals surface area contributed by atoms with Gasteiger partial charge in [-0.3, -0.25) is 0 Å². The Morgan fingerprint density at radius 1 is 1.23 bits per heavy atom. The summed E-state index contributed by atoms with van der Waals surface area (Å²) >= 11 is 0. The largest absolute Gasteiger partial charge is 0.363 e. The molecule has 1 heterocycles. The highest BCUT2D eigenvalue weighted by molar-refractivity contribution is 5.21. The Morgan fingerprint density at radius 3 is 2.31 bits per heavy atom. The van der Waals surface area contributed by atoms with Crippen molar-refractivity contribution >= 4 is 0 Å². The monoisotopic (exact) mass is 180 g/mol. The predicted octanol–water partition coefficient (Wildman–Crippen LogP) is 2.99. The molecular formula is C12H20O. The molecule has 0 radical (unpaired) electrons. The van der Waals surface area contributed by atoms with E-state index in [1.165, 1.54) is 25.7 Å². The Bertz CT molecular complexity index is 246. The average Bonchev–Trinajstić information content (AvgIpc) is 2.43. The summed E-state index contributed by atoms with van der Waals surface area (Å²) in [5.74, 6) is 2.81. The topological polar surface area (TPSA) is 12.5 Å². The van der Waals surface area contributed by atoms with Crippen LogP contribution in [0.3, 0.4) is 0 Å². The van der Waals surface area contributed by atoms with Crippen molar-refractivity contribution in [2.24, 2.45) is 17.8 Å². The van der Waals surface area contributed by atoms with E-state index in [0.29, 0.717) is 0 Å². The van der Waals surface area contributed by atoms with Crippen LogP contribution in [-0.4, -0.2) is 11.2 Å². The van der Waals surface area contributed by atoms with Crippen LogP contribution in [0.25, 0.3) is 0 Å². The fraction of sp³-hybridized carbons (Fsp3) is 1.00. The van der Waals surface area contributed by atoms with Crippen LogP contribution < -0.4 is 0 Å². The second-order valence-electron chi connectivity index (χ2n) is 5.79. The summed E-state index contributed by atoms with van der Waals surface area (Å²) in [6.45, 7) is 7.03. The first-order chi connectivity index (χ1) is 6.07. The Balaban J connectivity index is 1.80. The second-order valence-corrected chi connectivity index (χ2v) is 5.79. The molecule has 2 aliphatic carbocycles. The Hall–Kier alpha value is -0.0400. The third kappa shape index (κ3) is 0.823. The lowest BCUT2D eigenvalue weighted by Crippen LogP contribution is -2.29. The highest BCUT2D eigenvalue weighted by Crippen LogP contribution is 2.66. The van der Waals surface area contributed by atoms with Crippen LogP contribution >= 0.6 is 0 Å². The van der Waals surface area contributed by atoms with Gasteiger partial charge in [0.15, 0.2) is 0 Å². The minimum Gasteiger partial charge on any atom is -0.363 e. The van der Waals surface area contributed by atoms with Gasteiger partial charge in [-0.05, 0) is 38.0 Å². The molecule has 1 nitrogen and oxygen atoms in total. The minimum absolute atomic E-state index is 0.243. The predicted molar refractivity (Wildman–Crippen MR) is 52.5 cm³/mol. The second kappa shape index (κ2) is 2.13. The molecule has 4 atom stereocenters. The van der Waals surface area contributed by atoms with Crippen LogP contribution in [0, 0.1) is 17.8 Å². The molecular weight excluding hydrogens is 160 g/mol. The van der Waals surface area contributed by atoms with Crippen molar-refractivity contribution in [2.45, 2.75) is 57.7 Å². The lowest BCUT2D eigenvalue weighted by atomic mass is 9.71. The molecule has 0 N–H and O–H groups in total. The molecule has 0 amide bonds. The van der Waals surface area contributed by atoms with Gasteiger partial charge in [0.1, 0.15) is 0 Å². The van der Waals surface area contributed by atoms with Crippen molar-refractivity contribution in [3.63, 3.8) is 0 Å². The van der Waals surface area contributed by atoms with Crippen molar-refractivity contribution in [1.29, 1.82) is 0 Å². The van der Waals surface area contributed by atoms with Crippen LogP contribution in [0.2, 0.25) is 0 Å². The van der Waals surface area contributed by atoms with Gasteiger partial charge in [0.2, 0.25) is 0 Å². The van der Waals surface area contributed by atoms with E-state index in [0.717, 1.165) is 17.8 Å². The highest BCUT2D eigenvalue weighted by atomic mass is 16.6. The normalized spacial score (nSPS) is 60.2. The number of hydrogen-bond donors (Lipinski definition) is 0. The molecule has 3 rings (SSSR count). The zero-order chi connectivity index (χ0) is 9.27. The lowest BCUT2D eigenvalue weighted by Gasteiger charge is -2.36. The van der Waals surface area contributed by atoms with Crippen LogP contribution in [0.15, 0.2) is 0 Å². The van der Waals surface area contributed by atoms with Crippen LogP contribution in [0.5, 0.6) is 0 Å². The van der Waals surface area contributed by atoms with Gasteiger partial charge in [-0.2, -0.15) is 0 Å². The summed E-state index contributed by atoms with van der Waals surface area (Å²) in [5, 5.41) is 0. The number of hydrogen-bond acceptors (Lipinski definition) is 1. The fourth-order valence-electron chi connectivity index (χ4n) is 3.74. The molecule has 1 heteroatoms. The van der Waals surface area contributed by atoms with Crippen LogP contribution in [-0.2, 0) is 4.74 Å². The molecule has 3 aliphatic rings. The van der Waals surface area contributed by atoms with E-state index in [1.807, 2.05) is 0 Å². The van der Waals surface area contributed by atoms with Crippen molar-refractivity contribution in [3.05, 3.63) is 0 Å². The summed E-state index contributed by atoms with van der Waals surface area (Å²) in [6, 6.07) is 0. The Labute approximate surface area is 80.8 Å². The number of epoxide rings is 1. The van der Waals surface area contributed by atoms with Gasteiger partial charge in [-0.15, -0.1) is 0 Å². The quantitative estimate of drug-likeness (QED) is 0.565. The van der Waals surface area contributed by atoms with Gasteiger partial charge in [-0.25, -0.2) is 0 Å². The first kappa shape index (κ1) is 8.28. The summed E-state index contributed by atoms with van der Waals surface area (Å²) in [7, 11) is 0. The number of fused-ring (bicyclic) bond motifs is 1. The van der Waals surface area contributed by atoms with Gasteiger partial charge in [0.05, 0.1) is 11.2 Å². The van der Waals surface area contributed by atoms with Crippen molar-refractivity contribution < 1.29 is 4.74 Å². The van der Waals surface area contributed by atoms with E-state index in [-0.39, 0.29) is 11.2 Å². The van der Waals surface area contributed by atoms with Crippen molar-refractivity contribution in [3.8, 4) is 0 Å². The van der Waals surface area contributed by atoms with E-state index >= 15 is 0 Å². The van der Waals surface area contributed by atoms with E-state index in [2.05, 4.69) is 20.8 Å². The van der Waals surface area contributed by atoms with Gasteiger partial charge in [0, 0.05) is 0 Å². The maximum Gasteiger partial charge on any atom is 0.0977 e. The molecule has 4 unspecified atom stereocenters. The number of rotatable bonds is 1. The summed E-state index contributed by atoms with van der Waals surface area (Å²) in [4.78, 5) is 0. The van der Waals surface area contributed by atoms with E-state index in [9.17, 15) is 0 Å². The summed E-state index contributed by atoms with van der Waals surface area (Å²) in [6.07, 6.45) is 5.78. The molecule has 0 aromatic heterocycles. The third-order valence-electron chi connectivity index (χ3n) is 5.34. The lowest BCUT2D eigenvalue weighted by molar-refractivity contribution is 0.0731. The molecule has 1 saturated heterocycles. The highest BCUT2D eigenvalue weighted by Gasteiger charge is 2.73. The molecule has 13 heavy (non-hydrogen) atoms. The van der Waals surface area contributed by atoms with E-state index < -0.39 is 0 Å². The molecule has 2 saturated carbocycles. The zero-order valence-corrected chi connectivity index (χ0v) is 8.97. The molecule has 0 spiro atoms. The molecule has 74 valence electrons. The van der Waals surface area contributed by atoms with E-state index in [4.69, 9.17) is 4.74 Å². The smallest absolute Gasteiger partial charge is 0.0977 e. The maximum atomic E-state index is 5.89. The van der Waals surface area contributed by atoms with Gasteiger partial charge < -0.3 is 4.74 Å². The summed E-state index contributed by atoms with van der Waals surface area (Å²) in [5.41, 5.74) is 0.500. The van der Waals surface area contributed by atoms with Crippen LogP contribution in [0.1, 0.15) is 46.5 Å². The molecule has 0 bridgehead atoms. The Morgan fingerprint density at radius 2 is 1.92 bits per heavy atom. The fourth-order valence-corrected chi connectivity index (χ4v) is 3.74. The minimum atomic E-state index is 0.243. The van der Waals surface area contributed by atoms with Gasteiger partial charge in [-0.1, -0.05) is 26.2 Å². The SMILES string of the molecule is CC1C(C2CCC2)CC2(C)OC12C. The standard InChI is InChI=1S/C12H20O/c1-8-10(9-5-4-6-9)7-11(2)12(8,3)13-11/h8-10H,4-7H2,1-3H3. The Kier molecular flexibility index (Phi) is 1.36. The molecule has 0 aromatic carbocycles. The summed E-state index contributed by atoms with van der Waals surface area (Å²) < 4.78 is 5.89. The molecule has 1 aliphatic heterocycles. The molecule has 3 fully saturated rings. The van der Waals surface area contributed by atoms with E-state index in [1.54, 1.807) is 0 Å². The third-order valence-corrected chi connectivity index (χ3v) is 5.34. The zero-order valence-electron chi connectivity index (χ0n) is 8.97. The van der Waals surface area contributed by atoms with Gasteiger partial charge >= 0.3 is 0 Å². The maximum absolute atomic E-state index is 5.89. The van der Waals surface area contributed by atoms with Crippen molar-refractivity contribution in [1.82, 2.24) is 0 Å². The first-order valence-corrected chi connectivity index (χ1v) is 5.77. The van der Waals surface area contributed by atoms with Crippen molar-refractivity contribution in [2.75, 3.05) is 0 Å². The first-order valence-electron chi connectivity index (χ1n) is 5.77. The molecule has 0 aromatic rings. The van der Waals surface area contributed by atoms with Gasteiger partial charge in [0.25, 0.3) is 0 Å². The van der Waals surface area contributed by atoms with Crippen LogP contribution in [0.4, 0.5) is 0 Å².